The molecule has 2 N–H and O–H groups in total. The molecule has 0 radical (unpaired) electrons. The van der Waals surface area contributed by atoms with Gasteiger partial charge in [0.15, 0.2) is 0 Å². The molecule has 0 aliphatic rings. The fourth-order valence-corrected chi connectivity index (χ4v) is 1.66. The Morgan fingerprint density at radius 1 is 1.28 bits per heavy atom. The average Bonchev–Trinajstić information content (AvgIpc) is 2.28. The fourth-order valence-electron chi connectivity index (χ4n) is 1.66. The Bertz CT molecular complexity index is 310. The van der Waals surface area contributed by atoms with Crippen LogP contribution in [0.5, 0.6) is 0 Å². The van der Waals surface area contributed by atoms with Gasteiger partial charge in [-0.05, 0) is 33.1 Å². The molecule has 18 heavy (non-hydrogen) atoms. The highest BCUT2D eigenvalue weighted by atomic mass is 16.4. The third kappa shape index (κ3) is 7.09. The first-order valence-corrected chi connectivity index (χ1v) is 6.58. The van der Waals surface area contributed by atoms with Crippen molar-refractivity contribution in [1.82, 2.24) is 5.32 Å². The van der Waals surface area contributed by atoms with Crippen molar-refractivity contribution in [2.24, 2.45) is 5.92 Å². The molecule has 0 aliphatic heterocycles. The van der Waals surface area contributed by atoms with Gasteiger partial charge in [0.05, 0.1) is 5.92 Å². The van der Waals surface area contributed by atoms with E-state index in [0.29, 0.717) is 6.42 Å². The summed E-state index contributed by atoms with van der Waals surface area (Å²) in [6.07, 6.45) is 5.02. The highest BCUT2D eigenvalue weighted by Gasteiger charge is 2.12. The van der Waals surface area contributed by atoms with Crippen LogP contribution >= 0.6 is 0 Å². The Kier molecular flexibility index (Phi) is 8.08. The van der Waals surface area contributed by atoms with Crippen molar-refractivity contribution in [1.29, 1.82) is 0 Å². The van der Waals surface area contributed by atoms with E-state index in [-0.39, 0.29) is 17.9 Å². The summed E-state index contributed by atoms with van der Waals surface area (Å²) < 4.78 is 0. The molecule has 104 valence electrons. The second kappa shape index (κ2) is 8.72. The van der Waals surface area contributed by atoms with Gasteiger partial charge in [-0.25, -0.2) is 0 Å². The number of carbonyl (C=O) groups excluding carboxylic acids is 1. The molecule has 2 atom stereocenters. The zero-order valence-corrected chi connectivity index (χ0v) is 11.8. The van der Waals surface area contributed by atoms with Crippen LogP contribution in [0.2, 0.25) is 0 Å². The molecule has 0 bridgehead atoms. The van der Waals surface area contributed by atoms with Gasteiger partial charge in [-0.2, -0.15) is 0 Å². The number of allylic oxidation sites excluding steroid dienone is 1. The molecule has 0 aromatic heterocycles. The van der Waals surface area contributed by atoms with E-state index in [1.165, 1.54) is 0 Å². The van der Waals surface area contributed by atoms with Crippen molar-refractivity contribution >= 4 is 11.9 Å². The van der Waals surface area contributed by atoms with Gasteiger partial charge in [0.2, 0.25) is 5.91 Å². The average molecular weight is 255 g/mol. The smallest absolute Gasteiger partial charge is 0.306 e. The van der Waals surface area contributed by atoms with Gasteiger partial charge >= 0.3 is 5.97 Å². The first kappa shape index (κ1) is 16.7. The minimum Gasteiger partial charge on any atom is -0.481 e. The third-order valence-corrected chi connectivity index (χ3v) is 2.94. The second-order valence-corrected chi connectivity index (χ2v) is 4.84. The highest BCUT2D eigenvalue weighted by molar-refractivity contribution is 5.92. The van der Waals surface area contributed by atoms with Crippen LogP contribution in [-0.4, -0.2) is 23.0 Å². The first-order chi connectivity index (χ1) is 8.38. The van der Waals surface area contributed by atoms with E-state index in [4.69, 9.17) is 5.11 Å². The number of hydrogen-bond donors (Lipinski definition) is 2. The van der Waals surface area contributed by atoms with Crippen molar-refractivity contribution < 1.29 is 14.7 Å². The first-order valence-electron chi connectivity index (χ1n) is 6.58. The van der Waals surface area contributed by atoms with E-state index in [2.05, 4.69) is 5.32 Å². The highest BCUT2D eigenvalue weighted by Crippen LogP contribution is 2.10. The maximum Gasteiger partial charge on any atom is 0.306 e. The summed E-state index contributed by atoms with van der Waals surface area (Å²) in [6.45, 7) is 7.45. The van der Waals surface area contributed by atoms with E-state index >= 15 is 0 Å². The predicted octanol–water partition coefficient (Wildman–Crippen LogP) is 2.74. The van der Waals surface area contributed by atoms with Crippen molar-refractivity contribution in [2.45, 2.75) is 59.4 Å². The molecule has 0 saturated carbocycles. The van der Waals surface area contributed by atoms with Crippen LogP contribution in [-0.2, 0) is 9.59 Å². The summed E-state index contributed by atoms with van der Waals surface area (Å²) >= 11 is 0. The second-order valence-electron chi connectivity index (χ2n) is 4.84. The lowest BCUT2D eigenvalue weighted by Gasteiger charge is -2.14. The Hall–Kier alpha value is -1.32. The van der Waals surface area contributed by atoms with E-state index in [1.54, 1.807) is 13.8 Å². The topological polar surface area (TPSA) is 66.4 Å². The summed E-state index contributed by atoms with van der Waals surface area (Å²) in [5.74, 6) is -1.10. The maximum absolute atomic E-state index is 11.7. The zero-order chi connectivity index (χ0) is 14.1. The summed E-state index contributed by atoms with van der Waals surface area (Å²) in [5.41, 5.74) is 0.739. The molecular weight excluding hydrogens is 230 g/mol. The molecule has 0 aromatic carbocycles. The molecule has 0 spiro atoms. The van der Waals surface area contributed by atoms with E-state index in [1.807, 2.05) is 19.9 Å². The number of rotatable bonds is 8. The Morgan fingerprint density at radius 3 is 2.39 bits per heavy atom. The quantitative estimate of drug-likeness (QED) is 0.655. The third-order valence-electron chi connectivity index (χ3n) is 2.94. The van der Waals surface area contributed by atoms with Gasteiger partial charge in [-0.3, -0.25) is 9.59 Å². The number of carboxylic acid groups (broad SMARTS) is 1. The standard InChI is InChI=1S/C14H25NO3/c1-5-7-10(2)13(16)15-12(4)9-6-8-11(3)14(17)18/h7,11-12H,5-6,8-9H2,1-4H3,(H,15,16)(H,17,18). The Labute approximate surface area is 109 Å². The number of nitrogens with one attached hydrogen (secondary N) is 1. The number of carbonyl (C=O) groups is 2. The molecule has 4 heteroatoms. The fraction of sp³-hybridized carbons (Fsp3) is 0.714. The number of amides is 1. The number of carboxylic acids is 1. The van der Waals surface area contributed by atoms with Crippen molar-refractivity contribution in [2.75, 3.05) is 0 Å². The summed E-state index contributed by atoms with van der Waals surface area (Å²) in [4.78, 5) is 22.3. The molecule has 0 heterocycles. The van der Waals surface area contributed by atoms with Gasteiger partial charge in [0, 0.05) is 11.6 Å². The molecule has 1 amide bonds. The largest absolute Gasteiger partial charge is 0.481 e. The van der Waals surface area contributed by atoms with Crippen molar-refractivity contribution in [3.8, 4) is 0 Å². The van der Waals surface area contributed by atoms with Crippen LogP contribution in [0.15, 0.2) is 11.6 Å². The van der Waals surface area contributed by atoms with Gasteiger partial charge in [-0.1, -0.05) is 26.3 Å². The molecule has 4 nitrogen and oxygen atoms in total. The van der Waals surface area contributed by atoms with Crippen LogP contribution < -0.4 is 5.32 Å². The lowest BCUT2D eigenvalue weighted by Crippen LogP contribution is -2.33. The monoisotopic (exact) mass is 255 g/mol. The number of hydrogen-bond acceptors (Lipinski definition) is 2. The molecular formula is C14H25NO3. The van der Waals surface area contributed by atoms with Crippen LogP contribution in [0, 0.1) is 5.92 Å². The summed E-state index contributed by atoms with van der Waals surface area (Å²) in [6, 6.07) is 0.0821. The Morgan fingerprint density at radius 2 is 1.89 bits per heavy atom. The number of aliphatic carboxylic acids is 1. The van der Waals surface area contributed by atoms with Gasteiger partial charge in [0.25, 0.3) is 0 Å². The van der Waals surface area contributed by atoms with Crippen molar-refractivity contribution in [3.63, 3.8) is 0 Å². The van der Waals surface area contributed by atoms with Gasteiger partial charge < -0.3 is 10.4 Å². The zero-order valence-electron chi connectivity index (χ0n) is 11.8. The van der Waals surface area contributed by atoms with E-state index in [0.717, 1.165) is 24.8 Å². The molecule has 0 fully saturated rings. The predicted molar refractivity (Wildman–Crippen MR) is 72.3 cm³/mol. The normalized spacial score (nSPS) is 15.0. The van der Waals surface area contributed by atoms with E-state index in [9.17, 15) is 9.59 Å². The minimum atomic E-state index is -0.756. The van der Waals surface area contributed by atoms with Crippen LogP contribution in [0.3, 0.4) is 0 Å². The lowest BCUT2D eigenvalue weighted by molar-refractivity contribution is -0.141. The Balaban J connectivity index is 3.91. The molecule has 0 aliphatic carbocycles. The summed E-state index contributed by atoms with van der Waals surface area (Å²) in [5, 5.41) is 11.7. The van der Waals surface area contributed by atoms with Crippen LogP contribution in [0.1, 0.15) is 53.4 Å². The van der Waals surface area contributed by atoms with Crippen LogP contribution in [0.4, 0.5) is 0 Å². The minimum absolute atomic E-state index is 0.0318. The van der Waals surface area contributed by atoms with Gasteiger partial charge in [-0.15, -0.1) is 0 Å². The lowest BCUT2D eigenvalue weighted by atomic mass is 10.0. The van der Waals surface area contributed by atoms with Crippen molar-refractivity contribution in [3.05, 3.63) is 11.6 Å². The van der Waals surface area contributed by atoms with Crippen LogP contribution in [0.25, 0.3) is 0 Å². The van der Waals surface area contributed by atoms with E-state index < -0.39 is 5.97 Å². The maximum atomic E-state index is 11.7. The SMILES string of the molecule is CCC=C(C)C(=O)NC(C)CCCC(C)C(=O)O. The molecule has 2 unspecified atom stereocenters. The molecule has 0 rings (SSSR count). The van der Waals surface area contributed by atoms with Gasteiger partial charge in [0.1, 0.15) is 0 Å². The molecule has 0 aromatic rings. The summed E-state index contributed by atoms with van der Waals surface area (Å²) in [7, 11) is 0. The molecule has 0 saturated heterocycles.